The molecule has 0 bridgehead atoms. The van der Waals surface area contributed by atoms with E-state index < -0.39 is 12.2 Å². The van der Waals surface area contributed by atoms with Crippen LogP contribution in [-0.4, -0.2) is 17.3 Å². The summed E-state index contributed by atoms with van der Waals surface area (Å²) in [4.78, 5) is 5.38. The molecular weight excluding hydrogens is 236 g/mol. The number of alkyl halides is 2. The second-order valence-corrected chi connectivity index (χ2v) is 4.18. The largest absolute Gasteiger partial charge is 0.356 e. The molecule has 2 N–H and O–H groups in total. The number of halogens is 2. The zero-order valence-electron chi connectivity index (χ0n) is 8.06. The lowest BCUT2D eigenvalue weighted by Crippen LogP contribution is -2.37. The lowest BCUT2D eigenvalue weighted by atomic mass is 10.2. The number of rotatable bonds is 3. The van der Waals surface area contributed by atoms with E-state index in [4.69, 9.17) is 0 Å². The summed E-state index contributed by atoms with van der Waals surface area (Å²) in [6.45, 7) is 0. The van der Waals surface area contributed by atoms with Crippen LogP contribution in [0.1, 0.15) is 4.88 Å². The van der Waals surface area contributed by atoms with Crippen molar-refractivity contribution >= 4 is 17.4 Å². The lowest BCUT2D eigenvalue weighted by Gasteiger charge is -2.16. The second kappa shape index (κ2) is 4.32. The summed E-state index contributed by atoms with van der Waals surface area (Å²) in [5, 5.41) is 11.2. The highest BCUT2D eigenvalue weighted by atomic mass is 32.1. The van der Waals surface area contributed by atoms with Crippen molar-refractivity contribution in [3.8, 4) is 0 Å². The summed E-state index contributed by atoms with van der Waals surface area (Å²) in [5.41, 5.74) is 2.54. The molecule has 2 rings (SSSR count). The monoisotopic (exact) mass is 245 g/mol. The molecule has 2 heterocycles. The summed E-state index contributed by atoms with van der Waals surface area (Å²) < 4.78 is 24.7. The van der Waals surface area contributed by atoms with E-state index in [2.05, 4.69) is 10.3 Å². The van der Waals surface area contributed by atoms with Gasteiger partial charge in [-0.1, -0.05) is 6.07 Å². The van der Waals surface area contributed by atoms with Gasteiger partial charge in [0, 0.05) is 11.0 Å². The van der Waals surface area contributed by atoms with Crippen molar-refractivity contribution in [1.29, 1.82) is 0 Å². The highest BCUT2D eigenvalue weighted by Crippen LogP contribution is 2.25. The van der Waals surface area contributed by atoms with E-state index in [9.17, 15) is 13.9 Å². The fourth-order valence-corrected chi connectivity index (χ4v) is 1.79. The fraction of sp³-hybridized carbons (Fsp3) is 0.200. The molecule has 1 aromatic heterocycles. The van der Waals surface area contributed by atoms with Crippen LogP contribution in [0.15, 0.2) is 35.4 Å². The van der Waals surface area contributed by atoms with Gasteiger partial charge < -0.3 is 5.11 Å². The number of thiophene rings is 1. The van der Waals surface area contributed by atoms with Crippen LogP contribution in [0.5, 0.6) is 0 Å². The first-order valence-corrected chi connectivity index (χ1v) is 5.37. The van der Waals surface area contributed by atoms with Crippen molar-refractivity contribution in [1.82, 2.24) is 5.48 Å². The Morgan fingerprint density at radius 3 is 2.88 bits per heavy atom. The molecule has 16 heavy (non-hydrogen) atoms. The minimum Gasteiger partial charge on any atom is -0.356 e. The Labute approximate surface area is 94.6 Å². The van der Waals surface area contributed by atoms with Crippen molar-refractivity contribution in [2.24, 2.45) is 0 Å². The van der Waals surface area contributed by atoms with Crippen molar-refractivity contribution in [3.05, 3.63) is 40.2 Å². The van der Waals surface area contributed by atoms with Gasteiger partial charge in [0.25, 0.3) is 12.2 Å². The third-order valence-corrected chi connectivity index (χ3v) is 2.82. The van der Waals surface area contributed by atoms with Gasteiger partial charge in [0.2, 0.25) is 0 Å². The van der Waals surface area contributed by atoms with Gasteiger partial charge in [0.1, 0.15) is 0 Å². The molecule has 0 radical (unpaired) electrons. The van der Waals surface area contributed by atoms with Gasteiger partial charge in [-0.15, -0.1) is 11.3 Å². The van der Waals surface area contributed by atoms with E-state index in [-0.39, 0.29) is 0 Å². The predicted molar refractivity (Wildman–Crippen MR) is 56.6 cm³/mol. The van der Waals surface area contributed by atoms with Crippen LogP contribution in [0, 0.1) is 0 Å². The van der Waals surface area contributed by atoms with Crippen LogP contribution < -0.4 is 5.48 Å². The van der Waals surface area contributed by atoms with E-state index in [1.807, 2.05) is 17.5 Å². The number of hydrogen-bond donors (Lipinski definition) is 2. The van der Waals surface area contributed by atoms with Gasteiger partial charge in [-0.2, -0.15) is 0 Å². The van der Waals surface area contributed by atoms with Crippen LogP contribution in [0.3, 0.4) is 0 Å². The SMILES string of the molecule is O[C@@]1(C(F)F)C=C(C=Cc2cccs2)NO1. The standard InChI is InChI=1S/C10H9F2NO2S/c11-9(12)10(14)6-7(13-15-10)3-4-8-2-1-5-16-8/h1-6,9,13-14H/t10-/m0/s1. The summed E-state index contributed by atoms with van der Waals surface area (Å²) in [7, 11) is 0. The maximum Gasteiger partial charge on any atom is 0.297 e. The molecule has 1 aliphatic rings. The number of allylic oxidation sites excluding steroid dienone is 1. The van der Waals surface area contributed by atoms with E-state index in [1.54, 1.807) is 12.2 Å². The zero-order chi connectivity index (χ0) is 11.6. The van der Waals surface area contributed by atoms with Gasteiger partial charge in [-0.25, -0.2) is 13.6 Å². The van der Waals surface area contributed by atoms with Crippen LogP contribution >= 0.6 is 11.3 Å². The quantitative estimate of drug-likeness (QED) is 0.857. The van der Waals surface area contributed by atoms with Crippen LogP contribution in [-0.2, 0) is 4.84 Å². The van der Waals surface area contributed by atoms with Gasteiger partial charge in [0.05, 0.1) is 5.70 Å². The molecule has 0 aromatic carbocycles. The van der Waals surface area contributed by atoms with E-state index in [0.29, 0.717) is 5.70 Å². The number of nitrogens with one attached hydrogen (secondary N) is 1. The summed E-state index contributed by atoms with van der Waals surface area (Å²) in [6.07, 6.45) is 1.26. The average Bonchev–Trinajstić information content (AvgIpc) is 2.85. The average molecular weight is 245 g/mol. The Morgan fingerprint density at radius 2 is 2.31 bits per heavy atom. The first-order valence-electron chi connectivity index (χ1n) is 4.49. The fourth-order valence-electron chi connectivity index (χ4n) is 1.17. The maximum absolute atomic E-state index is 12.3. The Balaban J connectivity index is 2.08. The zero-order valence-corrected chi connectivity index (χ0v) is 8.88. The smallest absolute Gasteiger partial charge is 0.297 e. The third kappa shape index (κ3) is 2.29. The normalized spacial score (nSPS) is 25.1. The van der Waals surface area contributed by atoms with Crippen molar-refractivity contribution in [3.63, 3.8) is 0 Å². The Kier molecular flexibility index (Phi) is 3.04. The molecule has 0 fully saturated rings. The van der Waals surface area contributed by atoms with Gasteiger partial charge >= 0.3 is 0 Å². The van der Waals surface area contributed by atoms with Crippen molar-refractivity contribution in [2.75, 3.05) is 0 Å². The summed E-state index contributed by atoms with van der Waals surface area (Å²) >= 11 is 1.52. The molecule has 0 amide bonds. The second-order valence-electron chi connectivity index (χ2n) is 3.21. The molecule has 0 aliphatic carbocycles. The minimum atomic E-state index is -2.99. The Morgan fingerprint density at radius 1 is 1.50 bits per heavy atom. The number of hydroxylamine groups is 1. The van der Waals surface area contributed by atoms with Gasteiger partial charge in [-0.05, 0) is 23.6 Å². The molecule has 1 atom stereocenters. The van der Waals surface area contributed by atoms with Gasteiger partial charge in [-0.3, -0.25) is 5.48 Å². The Hall–Kier alpha value is -1.24. The number of aliphatic hydroxyl groups is 1. The van der Waals surface area contributed by atoms with Gasteiger partial charge in [0.15, 0.2) is 0 Å². The first-order chi connectivity index (χ1) is 7.60. The summed E-state index contributed by atoms with van der Waals surface area (Å²) in [5.74, 6) is -2.53. The van der Waals surface area contributed by atoms with Crippen LogP contribution in [0.4, 0.5) is 8.78 Å². The molecule has 0 saturated heterocycles. The Bertz CT molecular complexity index is 416. The van der Waals surface area contributed by atoms with Crippen LogP contribution in [0.2, 0.25) is 0 Å². The molecule has 0 unspecified atom stereocenters. The third-order valence-electron chi connectivity index (χ3n) is 1.98. The van der Waals surface area contributed by atoms with Crippen molar-refractivity contribution in [2.45, 2.75) is 12.2 Å². The van der Waals surface area contributed by atoms with Crippen LogP contribution in [0.25, 0.3) is 6.08 Å². The molecule has 1 aliphatic heterocycles. The molecule has 1 aromatic rings. The van der Waals surface area contributed by atoms with E-state index in [1.165, 1.54) is 11.3 Å². The lowest BCUT2D eigenvalue weighted by molar-refractivity contribution is -0.246. The molecule has 3 nitrogen and oxygen atoms in total. The topological polar surface area (TPSA) is 41.5 Å². The molecule has 86 valence electrons. The first kappa shape index (κ1) is 11.3. The molecule has 0 spiro atoms. The molecular formula is C10H9F2NO2S. The highest BCUT2D eigenvalue weighted by Gasteiger charge is 2.41. The predicted octanol–water partition coefficient (Wildman–Crippen LogP) is 2.13. The molecule has 6 heteroatoms. The van der Waals surface area contributed by atoms with E-state index in [0.717, 1.165) is 11.0 Å². The number of hydrogen-bond acceptors (Lipinski definition) is 4. The van der Waals surface area contributed by atoms with Crippen molar-refractivity contribution < 1.29 is 18.7 Å². The molecule has 0 saturated carbocycles. The van der Waals surface area contributed by atoms with E-state index >= 15 is 0 Å². The summed E-state index contributed by atoms with van der Waals surface area (Å²) in [6, 6.07) is 3.77. The highest BCUT2D eigenvalue weighted by molar-refractivity contribution is 7.10. The maximum atomic E-state index is 12.3. The minimum absolute atomic E-state index is 0.302.